The van der Waals surface area contributed by atoms with Gasteiger partial charge in [0.15, 0.2) is 0 Å². The Bertz CT molecular complexity index is 184. The van der Waals surface area contributed by atoms with Crippen molar-refractivity contribution in [2.75, 3.05) is 13.4 Å². The second-order valence-corrected chi connectivity index (χ2v) is 5.81. The minimum absolute atomic E-state index is 0.0386. The molecule has 0 aromatic rings. The molecule has 0 aliphatic rings. The van der Waals surface area contributed by atoms with Crippen LogP contribution in [0.15, 0.2) is 0 Å². The molecule has 0 aromatic carbocycles. The lowest BCUT2D eigenvalue weighted by atomic mass is 9.87. The highest BCUT2D eigenvalue weighted by atomic mass is 32.2. The zero-order valence-electron chi connectivity index (χ0n) is 10.1. The summed E-state index contributed by atoms with van der Waals surface area (Å²) in [4.78, 5) is 11.8. The predicted octanol–water partition coefficient (Wildman–Crippen LogP) is 2.76. The maximum Gasteiger partial charge on any atom is 0.140 e. The van der Waals surface area contributed by atoms with Gasteiger partial charge in [0.2, 0.25) is 0 Å². The lowest BCUT2D eigenvalue weighted by molar-refractivity contribution is -0.128. The van der Waals surface area contributed by atoms with Crippen molar-refractivity contribution >= 4 is 17.5 Å². The smallest absolute Gasteiger partial charge is 0.140 e. The zero-order valence-corrected chi connectivity index (χ0v) is 10.9. The summed E-state index contributed by atoms with van der Waals surface area (Å²) in [5.41, 5.74) is -0.255. The number of carbonyl (C=O) groups is 1. The first-order chi connectivity index (χ1) is 6.32. The zero-order chi connectivity index (χ0) is 11.4. The molecule has 0 unspecified atom stereocenters. The summed E-state index contributed by atoms with van der Waals surface area (Å²) in [6, 6.07) is 0. The summed E-state index contributed by atoms with van der Waals surface area (Å²) < 4.78 is 5.33. The van der Waals surface area contributed by atoms with Crippen LogP contribution in [0.4, 0.5) is 0 Å². The van der Waals surface area contributed by atoms with Gasteiger partial charge in [0.25, 0.3) is 0 Å². The molecule has 0 saturated carbocycles. The average Bonchev–Trinajstić information content (AvgIpc) is 2.10. The Kier molecular flexibility index (Phi) is 5.75. The summed E-state index contributed by atoms with van der Waals surface area (Å²) >= 11 is 1.73. The van der Waals surface area contributed by atoms with E-state index in [2.05, 4.69) is 6.92 Å². The normalized spacial score (nSPS) is 16.4. The second kappa shape index (κ2) is 5.76. The summed E-state index contributed by atoms with van der Waals surface area (Å²) in [6.07, 6.45) is 2.59. The molecule has 0 spiro atoms. The first-order valence-electron chi connectivity index (χ1n) is 4.91. The third kappa shape index (κ3) is 4.47. The van der Waals surface area contributed by atoms with Gasteiger partial charge < -0.3 is 4.74 Å². The molecule has 2 nitrogen and oxygen atoms in total. The Morgan fingerprint density at radius 3 is 2.21 bits per heavy atom. The Morgan fingerprint density at radius 2 is 1.93 bits per heavy atom. The summed E-state index contributed by atoms with van der Waals surface area (Å²) in [7, 11) is 1.67. The molecule has 0 amide bonds. The monoisotopic (exact) mass is 218 g/mol. The van der Waals surface area contributed by atoms with E-state index in [0.717, 1.165) is 0 Å². The Balaban J connectivity index is 4.26. The van der Waals surface area contributed by atoms with Gasteiger partial charge in [-0.25, -0.2) is 0 Å². The highest BCUT2D eigenvalue weighted by molar-refractivity contribution is 7.99. The van der Waals surface area contributed by atoms with Crippen LogP contribution < -0.4 is 0 Å². The summed E-state index contributed by atoms with van der Waals surface area (Å²) in [5.74, 6) is 0.269. The van der Waals surface area contributed by atoms with E-state index in [1.54, 1.807) is 18.9 Å². The number of ketones is 1. The Hall–Kier alpha value is -0.0200. The molecule has 14 heavy (non-hydrogen) atoms. The molecular formula is C11H22O2S. The van der Waals surface area contributed by atoms with E-state index < -0.39 is 0 Å². The number of carbonyl (C=O) groups excluding carboxylic acids is 1. The first-order valence-corrected chi connectivity index (χ1v) is 6.20. The van der Waals surface area contributed by atoms with Gasteiger partial charge in [-0.15, -0.1) is 0 Å². The Labute approximate surface area is 91.8 Å². The van der Waals surface area contributed by atoms with E-state index in [-0.39, 0.29) is 17.3 Å². The van der Waals surface area contributed by atoms with Gasteiger partial charge in [0.1, 0.15) is 5.78 Å². The van der Waals surface area contributed by atoms with Crippen molar-refractivity contribution in [3.05, 3.63) is 0 Å². The second-order valence-electron chi connectivity index (χ2n) is 4.59. The van der Waals surface area contributed by atoms with Crippen LogP contribution in [0, 0.1) is 5.41 Å². The lowest BCUT2D eigenvalue weighted by Gasteiger charge is -2.24. The third-order valence-corrected chi connectivity index (χ3v) is 3.47. The van der Waals surface area contributed by atoms with Crippen molar-refractivity contribution in [1.29, 1.82) is 0 Å². The number of ether oxygens (including phenoxy) is 1. The van der Waals surface area contributed by atoms with Crippen LogP contribution in [0.1, 0.15) is 34.1 Å². The van der Waals surface area contributed by atoms with Crippen LogP contribution in [0.2, 0.25) is 0 Å². The van der Waals surface area contributed by atoms with Crippen LogP contribution in [0.25, 0.3) is 0 Å². The van der Waals surface area contributed by atoms with E-state index in [1.165, 1.54) is 0 Å². The molecule has 0 N–H and O–H groups in total. The average molecular weight is 218 g/mol. The number of methoxy groups -OCH3 is 1. The predicted molar refractivity (Wildman–Crippen MR) is 62.9 cm³/mol. The highest BCUT2D eigenvalue weighted by Crippen LogP contribution is 2.22. The van der Waals surface area contributed by atoms with Crippen molar-refractivity contribution in [2.24, 2.45) is 5.41 Å². The van der Waals surface area contributed by atoms with E-state index in [4.69, 9.17) is 4.74 Å². The Morgan fingerprint density at radius 1 is 1.43 bits per heavy atom. The third-order valence-electron chi connectivity index (χ3n) is 2.42. The van der Waals surface area contributed by atoms with E-state index >= 15 is 0 Å². The van der Waals surface area contributed by atoms with Crippen molar-refractivity contribution in [2.45, 2.75) is 45.5 Å². The van der Waals surface area contributed by atoms with Crippen molar-refractivity contribution in [3.63, 3.8) is 0 Å². The fourth-order valence-corrected chi connectivity index (χ4v) is 1.59. The van der Waals surface area contributed by atoms with Crippen LogP contribution in [-0.2, 0) is 9.53 Å². The molecule has 0 rings (SSSR count). The first kappa shape index (κ1) is 14.0. The molecule has 2 atom stereocenters. The topological polar surface area (TPSA) is 26.3 Å². The SMILES string of the molecule is CO[C@@H](CC(=O)C(C)(C)C)[C@H](C)SC. The van der Waals surface area contributed by atoms with E-state index in [1.807, 2.05) is 27.0 Å². The van der Waals surface area contributed by atoms with Crippen LogP contribution in [0.5, 0.6) is 0 Å². The molecule has 0 aromatic heterocycles. The molecular weight excluding hydrogens is 196 g/mol. The maximum absolute atomic E-state index is 11.8. The number of hydrogen-bond acceptors (Lipinski definition) is 3. The summed E-state index contributed by atoms with van der Waals surface area (Å²) in [6.45, 7) is 7.94. The quantitative estimate of drug-likeness (QED) is 0.710. The molecule has 0 aliphatic carbocycles. The van der Waals surface area contributed by atoms with E-state index in [9.17, 15) is 4.79 Å². The number of hydrogen-bond donors (Lipinski definition) is 0. The van der Waals surface area contributed by atoms with E-state index in [0.29, 0.717) is 11.7 Å². The van der Waals surface area contributed by atoms with Gasteiger partial charge in [-0.05, 0) is 6.26 Å². The van der Waals surface area contributed by atoms with Gasteiger partial charge in [0.05, 0.1) is 6.10 Å². The molecule has 0 heterocycles. The van der Waals surface area contributed by atoms with Crippen molar-refractivity contribution < 1.29 is 9.53 Å². The van der Waals surface area contributed by atoms with Gasteiger partial charge in [-0.3, -0.25) is 4.79 Å². The molecule has 0 aliphatic heterocycles. The number of Topliss-reactive ketones (excluding diaryl/α,β-unsaturated/α-hetero) is 1. The van der Waals surface area contributed by atoms with Crippen LogP contribution >= 0.6 is 11.8 Å². The molecule has 0 fully saturated rings. The minimum atomic E-state index is -0.255. The molecule has 0 saturated heterocycles. The fraction of sp³-hybridized carbons (Fsp3) is 0.909. The molecule has 0 radical (unpaired) electrons. The van der Waals surface area contributed by atoms with Gasteiger partial charge >= 0.3 is 0 Å². The number of rotatable bonds is 5. The fourth-order valence-electron chi connectivity index (χ4n) is 1.08. The van der Waals surface area contributed by atoms with Crippen LogP contribution in [-0.4, -0.2) is 30.5 Å². The largest absolute Gasteiger partial charge is 0.380 e. The van der Waals surface area contributed by atoms with Crippen LogP contribution in [0.3, 0.4) is 0 Å². The molecule has 3 heteroatoms. The lowest BCUT2D eigenvalue weighted by Crippen LogP contribution is -2.31. The molecule has 84 valence electrons. The van der Waals surface area contributed by atoms with Gasteiger partial charge in [0, 0.05) is 24.2 Å². The minimum Gasteiger partial charge on any atom is -0.380 e. The van der Waals surface area contributed by atoms with Crippen molar-refractivity contribution in [3.8, 4) is 0 Å². The molecule has 0 bridgehead atoms. The van der Waals surface area contributed by atoms with Crippen molar-refractivity contribution in [1.82, 2.24) is 0 Å². The maximum atomic E-state index is 11.8. The summed E-state index contributed by atoms with van der Waals surface area (Å²) in [5, 5.41) is 0.367. The van der Waals surface area contributed by atoms with Gasteiger partial charge in [-0.2, -0.15) is 11.8 Å². The highest BCUT2D eigenvalue weighted by Gasteiger charge is 2.26. The van der Waals surface area contributed by atoms with Gasteiger partial charge in [-0.1, -0.05) is 27.7 Å². The number of thioether (sulfide) groups is 1. The standard InChI is InChI=1S/C11H22O2S/c1-8(14-6)9(13-5)7-10(12)11(2,3)4/h8-9H,7H2,1-6H3/t8-,9-/m0/s1.